The predicted molar refractivity (Wildman–Crippen MR) is 71.4 cm³/mol. The molecule has 1 rings (SSSR count). The van der Waals surface area contributed by atoms with Gasteiger partial charge in [0.05, 0.1) is 0 Å². The van der Waals surface area contributed by atoms with Crippen LogP contribution >= 0.6 is 0 Å². The van der Waals surface area contributed by atoms with E-state index in [1.807, 2.05) is 13.8 Å². The standard InChI is InChI=1S/C11H22N4O2S/c1-3-9-15(10-4-2)18(16,17)14-6-5-11-12-7-8-13-11/h7-8,14H,3-6,9-10H2,1-2H3,(H,12,13). The van der Waals surface area contributed by atoms with Gasteiger partial charge < -0.3 is 4.98 Å². The third-order valence-corrected chi connectivity index (χ3v) is 4.10. The van der Waals surface area contributed by atoms with Gasteiger partial charge in [-0.15, -0.1) is 0 Å². The molecule has 0 radical (unpaired) electrons. The van der Waals surface area contributed by atoms with E-state index in [1.165, 1.54) is 4.31 Å². The maximum atomic E-state index is 12.0. The third kappa shape index (κ3) is 4.75. The van der Waals surface area contributed by atoms with Gasteiger partial charge in [-0.05, 0) is 12.8 Å². The first kappa shape index (κ1) is 15.1. The lowest BCUT2D eigenvalue weighted by molar-refractivity contribution is 0.402. The van der Waals surface area contributed by atoms with Crippen LogP contribution in [0.2, 0.25) is 0 Å². The Balaban J connectivity index is 2.46. The van der Waals surface area contributed by atoms with Gasteiger partial charge in [-0.3, -0.25) is 0 Å². The number of imidazole rings is 1. The van der Waals surface area contributed by atoms with Crippen LogP contribution in [0.3, 0.4) is 0 Å². The molecule has 0 amide bonds. The van der Waals surface area contributed by atoms with E-state index in [1.54, 1.807) is 12.4 Å². The molecule has 0 fully saturated rings. The summed E-state index contributed by atoms with van der Waals surface area (Å²) in [5.41, 5.74) is 0. The molecular formula is C11H22N4O2S. The highest BCUT2D eigenvalue weighted by Crippen LogP contribution is 2.01. The molecule has 104 valence electrons. The Bertz CT molecular complexity index is 410. The fraction of sp³-hybridized carbons (Fsp3) is 0.727. The molecule has 0 spiro atoms. The molecule has 2 N–H and O–H groups in total. The highest BCUT2D eigenvalue weighted by atomic mass is 32.2. The summed E-state index contributed by atoms with van der Waals surface area (Å²) < 4.78 is 28.1. The molecule has 6 nitrogen and oxygen atoms in total. The number of aromatic nitrogens is 2. The first-order valence-electron chi connectivity index (χ1n) is 6.33. The zero-order chi connectivity index (χ0) is 13.4. The van der Waals surface area contributed by atoms with Crippen LogP contribution in [0.15, 0.2) is 12.4 Å². The predicted octanol–water partition coefficient (Wildman–Crippen LogP) is 0.909. The quantitative estimate of drug-likeness (QED) is 0.702. The van der Waals surface area contributed by atoms with Crippen molar-refractivity contribution in [2.45, 2.75) is 33.1 Å². The van der Waals surface area contributed by atoms with Gasteiger partial charge in [-0.25, -0.2) is 9.71 Å². The Kier molecular flexibility index (Phi) is 6.31. The zero-order valence-electron chi connectivity index (χ0n) is 11.0. The third-order valence-electron chi connectivity index (χ3n) is 2.49. The van der Waals surface area contributed by atoms with Gasteiger partial charge in [0, 0.05) is 38.4 Å². The first-order valence-corrected chi connectivity index (χ1v) is 7.77. The molecule has 0 aliphatic rings. The van der Waals surface area contributed by atoms with Crippen molar-refractivity contribution in [3.05, 3.63) is 18.2 Å². The molecule has 0 unspecified atom stereocenters. The molecular weight excluding hydrogens is 252 g/mol. The molecule has 18 heavy (non-hydrogen) atoms. The van der Waals surface area contributed by atoms with E-state index in [2.05, 4.69) is 14.7 Å². The smallest absolute Gasteiger partial charge is 0.279 e. The summed E-state index contributed by atoms with van der Waals surface area (Å²) >= 11 is 0. The maximum Gasteiger partial charge on any atom is 0.279 e. The van der Waals surface area contributed by atoms with Crippen molar-refractivity contribution < 1.29 is 8.42 Å². The summed E-state index contributed by atoms with van der Waals surface area (Å²) in [5, 5.41) is 0. The van der Waals surface area contributed by atoms with Crippen LogP contribution in [0, 0.1) is 0 Å². The molecule has 1 heterocycles. The minimum absolute atomic E-state index is 0.361. The van der Waals surface area contributed by atoms with Gasteiger partial charge in [0.2, 0.25) is 0 Å². The fourth-order valence-corrected chi connectivity index (χ4v) is 3.06. The SMILES string of the molecule is CCCN(CCC)S(=O)(=O)NCCc1ncc[nH]1. The van der Waals surface area contributed by atoms with Gasteiger partial charge in [-0.2, -0.15) is 12.7 Å². The number of nitrogens with zero attached hydrogens (tertiary/aromatic N) is 2. The summed E-state index contributed by atoms with van der Waals surface area (Å²) in [6, 6.07) is 0. The minimum Gasteiger partial charge on any atom is -0.349 e. The summed E-state index contributed by atoms with van der Waals surface area (Å²) in [6.45, 7) is 5.43. The topological polar surface area (TPSA) is 78.1 Å². The molecule has 0 saturated heterocycles. The summed E-state index contributed by atoms with van der Waals surface area (Å²) in [5.74, 6) is 0.787. The van der Waals surface area contributed by atoms with Gasteiger partial charge in [0.15, 0.2) is 0 Å². The molecule has 1 aromatic heterocycles. The summed E-state index contributed by atoms with van der Waals surface area (Å²) in [7, 11) is -3.36. The number of nitrogens with one attached hydrogen (secondary N) is 2. The normalized spacial score (nSPS) is 12.2. The molecule has 0 aromatic carbocycles. The summed E-state index contributed by atoms with van der Waals surface area (Å²) in [4.78, 5) is 6.99. The fourth-order valence-electron chi connectivity index (χ4n) is 1.68. The van der Waals surface area contributed by atoms with Crippen LogP contribution in [0.4, 0.5) is 0 Å². The first-order chi connectivity index (χ1) is 8.60. The van der Waals surface area contributed by atoms with Gasteiger partial charge in [-0.1, -0.05) is 13.8 Å². The number of hydrogen-bond acceptors (Lipinski definition) is 3. The second-order valence-corrected chi connectivity index (χ2v) is 5.84. The van der Waals surface area contributed by atoms with E-state index >= 15 is 0 Å². The van der Waals surface area contributed by atoms with Crippen LogP contribution in [0.5, 0.6) is 0 Å². The van der Waals surface area contributed by atoms with E-state index < -0.39 is 10.2 Å². The lowest BCUT2D eigenvalue weighted by Crippen LogP contribution is -2.42. The number of H-pyrrole nitrogens is 1. The maximum absolute atomic E-state index is 12.0. The number of aromatic amines is 1. The molecule has 0 bridgehead atoms. The second-order valence-electron chi connectivity index (χ2n) is 4.08. The Morgan fingerprint density at radius 1 is 1.33 bits per heavy atom. The van der Waals surface area contributed by atoms with Crippen molar-refractivity contribution in [3.8, 4) is 0 Å². The van der Waals surface area contributed by atoms with Gasteiger partial charge >= 0.3 is 0 Å². The molecule has 0 aliphatic carbocycles. The van der Waals surface area contributed by atoms with Crippen LogP contribution in [0.25, 0.3) is 0 Å². The largest absolute Gasteiger partial charge is 0.349 e. The van der Waals surface area contributed by atoms with Crippen molar-refractivity contribution in [1.29, 1.82) is 0 Å². The van der Waals surface area contributed by atoms with Gasteiger partial charge in [0.25, 0.3) is 10.2 Å². The average molecular weight is 274 g/mol. The van der Waals surface area contributed by atoms with Crippen molar-refractivity contribution in [2.75, 3.05) is 19.6 Å². The lowest BCUT2D eigenvalue weighted by Gasteiger charge is -2.21. The van der Waals surface area contributed by atoms with E-state index in [9.17, 15) is 8.42 Å². The van der Waals surface area contributed by atoms with Crippen LogP contribution < -0.4 is 4.72 Å². The summed E-state index contributed by atoms with van der Waals surface area (Å²) in [6.07, 6.45) is 5.59. The zero-order valence-corrected chi connectivity index (χ0v) is 11.8. The Hall–Kier alpha value is -0.920. The van der Waals surface area contributed by atoms with Crippen molar-refractivity contribution in [1.82, 2.24) is 19.0 Å². The van der Waals surface area contributed by atoms with Gasteiger partial charge in [0.1, 0.15) is 5.82 Å². The van der Waals surface area contributed by atoms with Crippen molar-refractivity contribution >= 4 is 10.2 Å². The number of rotatable bonds is 9. The average Bonchev–Trinajstić information content (AvgIpc) is 2.81. The molecule has 0 atom stereocenters. The monoisotopic (exact) mass is 274 g/mol. The van der Waals surface area contributed by atoms with Crippen LogP contribution in [-0.2, 0) is 16.6 Å². The highest BCUT2D eigenvalue weighted by molar-refractivity contribution is 7.87. The molecule has 0 aliphatic heterocycles. The van der Waals surface area contributed by atoms with E-state index in [0.717, 1.165) is 18.7 Å². The Morgan fingerprint density at radius 3 is 2.50 bits per heavy atom. The van der Waals surface area contributed by atoms with E-state index in [4.69, 9.17) is 0 Å². The number of hydrogen-bond donors (Lipinski definition) is 2. The molecule has 7 heteroatoms. The van der Waals surface area contributed by atoms with Crippen LogP contribution in [-0.4, -0.2) is 42.3 Å². The van der Waals surface area contributed by atoms with E-state index in [0.29, 0.717) is 26.1 Å². The van der Waals surface area contributed by atoms with Crippen molar-refractivity contribution in [2.24, 2.45) is 0 Å². The Labute approximate surface area is 109 Å². The second kappa shape index (κ2) is 7.50. The van der Waals surface area contributed by atoms with Crippen LogP contribution in [0.1, 0.15) is 32.5 Å². The van der Waals surface area contributed by atoms with Crippen molar-refractivity contribution in [3.63, 3.8) is 0 Å². The van der Waals surface area contributed by atoms with E-state index in [-0.39, 0.29) is 0 Å². The minimum atomic E-state index is -3.36. The highest BCUT2D eigenvalue weighted by Gasteiger charge is 2.19. The lowest BCUT2D eigenvalue weighted by atomic mass is 10.4. The Morgan fingerprint density at radius 2 is 2.00 bits per heavy atom. The molecule has 1 aromatic rings. The molecule has 0 saturated carbocycles.